The predicted octanol–water partition coefficient (Wildman–Crippen LogP) is 3.46. The fraction of sp³-hybridized carbons (Fsp3) is 0.467. The van der Waals surface area contributed by atoms with Crippen molar-refractivity contribution in [1.29, 1.82) is 0 Å². The average molecular weight is 349 g/mol. The fourth-order valence-electron chi connectivity index (χ4n) is 2.21. The average Bonchev–Trinajstić information content (AvgIpc) is 3.26. The molecule has 0 radical (unpaired) electrons. The lowest BCUT2D eigenvalue weighted by Crippen LogP contribution is -2.28. The SMILES string of the molecule is CCCNC(=O)C1CC1C(=O)Nc1ccc(Cl)c(C(F)(F)F)c1. The first-order valence-electron chi connectivity index (χ1n) is 7.19. The van der Waals surface area contributed by atoms with E-state index in [1.165, 1.54) is 6.07 Å². The highest BCUT2D eigenvalue weighted by Crippen LogP contribution is 2.40. The number of rotatable bonds is 5. The summed E-state index contributed by atoms with van der Waals surface area (Å²) >= 11 is 5.52. The van der Waals surface area contributed by atoms with Gasteiger partial charge in [0.05, 0.1) is 22.4 Å². The highest BCUT2D eigenvalue weighted by atomic mass is 35.5. The number of carbonyl (C=O) groups is 2. The van der Waals surface area contributed by atoms with Gasteiger partial charge in [-0.2, -0.15) is 13.2 Å². The second-order valence-electron chi connectivity index (χ2n) is 5.42. The summed E-state index contributed by atoms with van der Waals surface area (Å²) in [6.45, 7) is 2.45. The summed E-state index contributed by atoms with van der Waals surface area (Å²) in [6.07, 6.45) is -3.40. The second-order valence-corrected chi connectivity index (χ2v) is 5.83. The molecular formula is C15H16ClF3N2O2. The molecule has 1 aromatic carbocycles. The number of nitrogens with one attached hydrogen (secondary N) is 2. The Bertz CT molecular complexity index is 619. The molecule has 2 N–H and O–H groups in total. The van der Waals surface area contributed by atoms with Crippen LogP contribution in [0.5, 0.6) is 0 Å². The molecule has 2 atom stereocenters. The number of benzene rings is 1. The smallest absolute Gasteiger partial charge is 0.356 e. The molecule has 0 aliphatic heterocycles. The molecule has 8 heteroatoms. The first-order chi connectivity index (χ1) is 10.7. The second kappa shape index (κ2) is 6.78. The number of hydrogen-bond donors (Lipinski definition) is 2. The molecule has 1 saturated carbocycles. The van der Waals surface area contributed by atoms with Crippen molar-refractivity contribution >= 4 is 29.1 Å². The van der Waals surface area contributed by atoms with Gasteiger partial charge in [0.15, 0.2) is 0 Å². The molecule has 126 valence electrons. The van der Waals surface area contributed by atoms with Gasteiger partial charge < -0.3 is 10.6 Å². The molecule has 0 bridgehead atoms. The largest absolute Gasteiger partial charge is 0.417 e. The number of halogens is 4. The Morgan fingerprint density at radius 2 is 1.91 bits per heavy atom. The van der Waals surface area contributed by atoms with E-state index < -0.39 is 34.5 Å². The van der Waals surface area contributed by atoms with Crippen LogP contribution in [0.25, 0.3) is 0 Å². The minimum atomic E-state index is -4.60. The van der Waals surface area contributed by atoms with Crippen LogP contribution in [0.2, 0.25) is 5.02 Å². The summed E-state index contributed by atoms with van der Waals surface area (Å²) in [5.74, 6) is -1.57. The molecule has 0 heterocycles. The van der Waals surface area contributed by atoms with E-state index >= 15 is 0 Å². The van der Waals surface area contributed by atoms with Gasteiger partial charge in [-0.05, 0) is 31.0 Å². The lowest BCUT2D eigenvalue weighted by atomic mass is 10.2. The number of hydrogen-bond acceptors (Lipinski definition) is 2. The van der Waals surface area contributed by atoms with E-state index in [0.29, 0.717) is 13.0 Å². The number of anilines is 1. The summed E-state index contributed by atoms with van der Waals surface area (Å²) in [7, 11) is 0. The van der Waals surface area contributed by atoms with Crippen LogP contribution in [-0.2, 0) is 15.8 Å². The Morgan fingerprint density at radius 3 is 2.52 bits per heavy atom. The molecule has 1 aromatic rings. The van der Waals surface area contributed by atoms with Crippen molar-refractivity contribution in [3.05, 3.63) is 28.8 Å². The normalized spacial score (nSPS) is 20.0. The Morgan fingerprint density at radius 1 is 1.26 bits per heavy atom. The van der Waals surface area contributed by atoms with Gasteiger partial charge in [-0.15, -0.1) is 0 Å². The van der Waals surface area contributed by atoms with Crippen LogP contribution < -0.4 is 10.6 Å². The molecule has 4 nitrogen and oxygen atoms in total. The third-order valence-electron chi connectivity index (χ3n) is 3.55. The van der Waals surface area contributed by atoms with Crippen LogP contribution in [0.1, 0.15) is 25.3 Å². The lowest BCUT2D eigenvalue weighted by molar-refractivity contribution is -0.137. The molecule has 1 aliphatic carbocycles. The van der Waals surface area contributed by atoms with Gasteiger partial charge >= 0.3 is 6.18 Å². The molecule has 0 aromatic heterocycles. The molecule has 0 saturated heterocycles. The number of carbonyl (C=O) groups excluding carboxylic acids is 2. The summed E-state index contributed by atoms with van der Waals surface area (Å²) in [4.78, 5) is 23.7. The Kier molecular flexibility index (Phi) is 5.19. The van der Waals surface area contributed by atoms with Gasteiger partial charge in [0, 0.05) is 12.2 Å². The molecule has 2 amide bonds. The quantitative estimate of drug-likeness (QED) is 0.856. The van der Waals surface area contributed by atoms with Crippen molar-refractivity contribution in [3.8, 4) is 0 Å². The maximum Gasteiger partial charge on any atom is 0.417 e. The third kappa shape index (κ3) is 4.37. The predicted molar refractivity (Wildman–Crippen MR) is 80.0 cm³/mol. The van der Waals surface area contributed by atoms with Gasteiger partial charge in [-0.25, -0.2) is 0 Å². The lowest BCUT2D eigenvalue weighted by Gasteiger charge is -2.11. The Labute approximate surface area is 136 Å². The zero-order valence-electron chi connectivity index (χ0n) is 12.3. The number of amides is 2. The molecule has 2 unspecified atom stereocenters. The van der Waals surface area contributed by atoms with E-state index in [0.717, 1.165) is 18.6 Å². The van der Waals surface area contributed by atoms with E-state index in [1.54, 1.807) is 0 Å². The molecule has 1 aliphatic rings. The third-order valence-corrected chi connectivity index (χ3v) is 3.88. The summed E-state index contributed by atoms with van der Waals surface area (Å²) in [5.41, 5.74) is -1.00. The van der Waals surface area contributed by atoms with Crippen molar-refractivity contribution in [1.82, 2.24) is 5.32 Å². The molecule has 1 fully saturated rings. The van der Waals surface area contributed by atoms with Gasteiger partial charge in [0.25, 0.3) is 0 Å². The highest BCUT2D eigenvalue weighted by Gasteiger charge is 2.48. The van der Waals surface area contributed by atoms with Crippen LogP contribution in [0, 0.1) is 11.8 Å². The summed E-state index contributed by atoms with van der Waals surface area (Å²) in [5, 5.41) is 4.67. The topological polar surface area (TPSA) is 58.2 Å². The van der Waals surface area contributed by atoms with E-state index in [4.69, 9.17) is 11.6 Å². The van der Waals surface area contributed by atoms with Crippen molar-refractivity contribution < 1.29 is 22.8 Å². The van der Waals surface area contributed by atoms with Gasteiger partial charge in [0.1, 0.15) is 0 Å². The van der Waals surface area contributed by atoms with Crippen LogP contribution in [0.15, 0.2) is 18.2 Å². The molecule has 0 spiro atoms. The standard InChI is InChI=1S/C15H16ClF3N2O2/c1-2-5-20-13(22)9-7-10(9)14(23)21-8-3-4-12(16)11(6-8)15(17,18)19/h3-4,6,9-10H,2,5,7H2,1H3,(H,20,22)(H,21,23). The number of alkyl halides is 3. The van der Waals surface area contributed by atoms with E-state index in [1.807, 2.05) is 6.92 Å². The van der Waals surface area contributed by atoms with Crippen LogP contribution in [0.4, 0.5) is 18.9 Å². The van der Waals surface area contributed by atoms with Gasteiger partial charge in [-0.1, -0.05) is 18.5 Å². The summed E-state index contributed by atoms with van der Waals surface area (Å²) < 4.78 is 38.3. The van der Waals surface area contributed by atoms with Crippen molar-refractivity contribution in [2.45, 2.75) is 25.9 Å². The Balaban J connectivity index is 1.98. The van der Waals surface area contributed by atoms with Crippen molar-refractivity contribution in [3.63, 3.8) is 0 Å². The van der Waals surface area contributed by atoms with Crippen LogP contribution in [0.3, 0.4) is 0 Å². The van der Waals surface area contributed by atoms with Crippen molar-refractivity contribution in [2.24, 2.45) is 11.8 Å². The van der Waals surface area contributed by atoms with E-state index in [-0.39, 0.29) is 11.6 Å². The van der Waals surface area contributed by atoms with Crippen LogP contribution in [-0.4, -0.2) is 18.4 Å². The first kappa shape index (κ1) is 17.6. The molecule has 2 rings (SSSR count). The zero-order chi connectivity index (χ0) is 17.2. The van der Waals surface area contributed by atoms with E-state index in [2.05, 4.69) is 10.6 Å². The summed E-state index contributed by atoms with van der Waals surface area (Å²) in [6, 6.07) is 3.16. The fourth-order valence-corrected chi connectivity index (χ4v) is 2.43. The zero-order valence-corrected chi connectivity index (χ0v) is 13.1. The van der Waals surface area contributed by atoms with Gasteiger partial charge in [-0.3, -0.25) is 9.59 Å². The first-order valence-corrected chi connectivity index (χ1v) is 7.57. The molecule has 23 heavy (non-hydrogen) atoms. The van der Waals surface area contributed by atoms with Crippen LogP contribution >= 0.6 is 11.6 Å². The maximum absolute atomic E-state index is 12.8. The van der Waals surface area contributed by atoms with E-state index in [9.17, 15) is 22.8 Å². The van der Waals surface area contributed by atoms with Crippen molar-refractivity contribution in [2.75, 3.05) is 11.9 Å². The monoisotopic (exact) mass is 348 g/mol. The minimum absolute atomic E-state index is 0.00587. The minimum Gasteiger partial charge on any atom is -0.356 e. The molecular weight excluding hydrogens is 333 g/mol. The Hall–Kier alpha value is -1.76. The van der Waals surface area contributed by atoms with Gasteiger partial charge in [0.2, 0.25) is 11.8 Å². The maximum atomic E-state index is 12.8. The highest BCUT2D eigenvalue weighted by molar-refractivity contribution is 6.31.